The molecule has 0 radical (unpaired) electrons. The van der Waals surface area contributed by atoms with Gasteiger partial charge >= 0.3 is 0 Å². The number of ketones is 1. The van der Waals surface area contributed by atoms with Gasteiger partial charge in [-0.25, -0.2) is 0 Å². The first-order valence-electron chi connectivity index (χ1n) is 7.42. The van der Waals surface area contributed by atoms with Crippen LogP contribution in [0.5, 0.6) is 11.5 Å². The average molecular weight is 310 g/mol. The minimum atomic E-state index is -0.248. The fraction of sp³-hybridized carbons (Fsp3) is 0.167. The van der Waals surface area contributed by atoms with Crippen LogP contribution < -0.4 is 10.6 Å². The van der Waals surface area contributed by atoms with E-state index in [0.29, 0.717) is 28.1 Å². The molecule has 118 valence electrons. The Morgan fingerprint density at radius 2 is 1.61 bits per heavy atom. The molecule has 3 rings (SSSR count). The van der Waals surface area contributed by atoms with Gasteiger partial charge in [-0.15, -0.1) is 0 Å². The van der Waals surface area contributed by atoms with Gasteiger partial charge in [0, 0.05) is 18.7 Å². The molecule has 0 spiro atoms. The van der Waals surface area contributed by atoms with Crippen LogP contribution in [0.3, 0.4) is 0 Å². The number of Topliss-reactive ketones (excluding diaryl/α,β-unsaturated/α-hetero) is 1. The van der Waals surface area contributed by atoms with E-state index in [1.807, 2.05) is 18.2 Å². The standard InChI is InChI=1S/C18H18N2O3/c1-11-9-14(21)15(22)10-13(11)16(18-19-7-8-20-18)17(23)12-5-3-2-4-6-12/h2-6,9-10,19-22H,7-8H2,1H3. The topological polar surface area (TPSA) is 81.6 Å². The van der Waals surface area contributed by atoms with Crippen molar-refractivity contribution in [2.45, 2.75) is 6.92 Å². The molecule has 2 aromatic carbocycles. The molecule has 1 heterocycles. The van der Waals surface area contributed by atoms with Crippen molar-refractivity contribution in [2.75, 3.05) is 13.1 Å². The second-order valence-electron chi connectivity index (χ2n) is 5.45. The summed E-state index contributed by atoms with van der Waals surface area (Å²) >= 11 is 0. The first-order chi connectivity index (χ1) is 11.1. The van der Waals surface area contributed by atoms with Crippen LogP contribution in [0.15, 0.2) is 48.3 Å². The highest BCUT2D eigenvalue weighted by atomic mass is 16.3. The number of nitrogens with one attached hydrogen (secondary N) is 2. The Hall–Kier alpha value is -2.95. The maximum atomic E-state index is 13.0. The van der Waals surface area contributed by atoms with Gasteiger partial charge in [-0.3, -0.25) is 4.79 Å². The Labute approximate surface area is 134 Å². The van der Waals surface area contributed by atoms with E-state index >= 15 is 0 Å². The number of hydrogen-bond acceptors (Lipinski definition) is 5. The van der Waals surface area contributed by atoms with Gasteiger partial charge in [0.25, 0.3) is 0 Å². The monoisotopic (exact) mass is 310 g/mol. The Kier molecular flexibility index (Phi) is 3.93. The third-order valence-corrected chi connectivity index (χ3v) is 3.83. The highest BCUT2D eigenvalue weighted by Crippen LogP contribution is 2.33. The zero-order valence-electron chi connectivity index (χ0n) is 12.8. The van der Waals surface area contributed by atoms with Crippen LogP contribution in [-0.4, -0.2) is 29.1 Å². The zero-order chi connectivity index (χ0) is 16.4. The molecule has 4 N–H and O–H groups in total. The Balaban J connectivity index is 2.17. The molecular formula is C18H18N2O3. The molecule has 0 bridgehead atoms. The number of phenolic OH excluding ortho intramolecular Hbond substituents is 2. The van der Waals surface area contributed by atoms with Gasteiger partial charge in [-0.1, -0.05) is 30.3 Å². The number of aryl methyl sites for hydroxylation is 1. The Bertz CT molecular complexity index is 774. The minimum absolute atomic E-state index is 0.143. The van der Waals surface area contributed by atoms with Gasteiger partial charge < -0.3 is 20.8 Å². The van der Waals surface area contributed by atoms with Gasteiger partial charge in [0.05, 0.1) is 5.57 Å². The molecule has 5 heteroatoms. The Morgan fingerprint density at radius 1 is 1.00 bits per heavy atom. The predicted octanol–water partition coefficient (Wildman–Crippen LogP) is 2.15. The first-order valence-corrected chi connectivity index (χ1v) is 7.42. The molecule has 1 aliphatic heterocycles. The summed E-state index contributed by atoms with van der Waals surface area (Å²) in [6.45, 7) is 3.25. The molecule has 1 fully saturated rings. The summed E-state index contributed by atoms with van der Waals surface area (Å²) in [5.74, 6) is 0.0559. The molecule has 2 aromatic rings. The first kappa shape index (κ1) is 15.0. The van der Waals surface area contributed by atoms with E-state index in [2.05, 4.69) is 10.6 Å². The van der Waals surface area contributed by atoms with E-state index in [0.717, 1.165) is 13.1 Å². The lowest BCUT2D eigenvalue weighted by molar-refractivity contribution is 0.105. The lowest BCUT2D eigenvalue weighted by Crippen LogP contribution is -2.18. The molecule has 0 amide bonds. The van der Waals surface area contributed by atoms with Gasteiger partial charge in [0.2, 0.25) is 0 Å². The number of benzene rings is 2. The van der Waals surface area contributed by atoms with Crippen LogP contribution in [0.2, 0.25) is 0 Å². The highest BCUT2D eigenvalue weighted by molar-refractivity contribution is 6.29. The quantitative estimate of drug-likeness (QED) is 0.397. The van der Waals surface area contributed by atoms with E-state index in [1.165, 1.54) is 12.1 Å². The summed E-state index contributed by atoms with van der Waals surface area (Å²) in [5.41, 5.74) is 2.33. The van der Waals surface area contributed by atoms with Crippen LogP contribution in [0, 0.1) is 6.92 Å². The minimum Gasteiger partial charge on any atom is -0.504 e. The van der Waals surface area contributed by atoms with Crippen LogP contribution in [0.1, 0.15) is 21.5 Å². The van der Waals surface area contributed by atoms with Crippen molar-refractivity contribution in [3.05, 3.63) is 65.0 Å². The van der Waals surface area contributed by atoms with Crippen molar-refractivity contribution < 1.29 is 15.0 Å². The van der Waals surface area contributed by atoms with Crippen molar-refractivity contribution >= 4 is 11.4 Å². The van der Waals surface area contributed by atoms with Crippen molar-refractivity contribution in [1.29, 1.82) is 0 Å². The maximum absolute atomic E-state index is 13.0. The normalized spacial score (nSPS) is 13.3. The van der Waals surface area contributed by atoms with Crippen molar-refractivity contribution in [2.24, 2.45) is 0 Å². The molecule has 0 unspecified atom stereocenters. The summed E-state index contributed by atoms with van der Waals surface area (Å²) in [5, 5.41) is 25.8. The van der Waals surface area contributed by atoms with Crippen LogP contribution in [0.4, 0.5) is 0 Å². The van der Waals surface area contributed by atoms with Crippen molar-refractivity contribution in [3.63, 3.8) is 0 Å². The van der Waals surface area contributed by atoms with Crippen molar-refractivity contribution in [3.8, 4) is 11.5 Å². The van der Waals surface area contributed by atoms with Gasteiger partial charge in [-0.2, -0.15) is 0 Å². The largest absolute Gasteiger partial charge is 0.504 e. The third kappa shape index (κ3) is 2.85. The molecule has 5 nitrogen and oxygen atoms in total. The lowest BCUT2D eigenvalue weighted by atomic mass is 9.93. The highest BCUT2D eigenvalue weighted by Gasteiger charge is 2.24. The van der Waals surface area contributed by atoms with Gasteiger partial charge in [0.15, 0.2) is 17.3 Å². The average Bonchev–Trinajstić information content (AvgIpc) is 3.07. The zero-order valence-corrected chi connectivity index (χ0v) is 12.8. The van der Waals surface area contributed by atoms with E-state index in [9.17, 15) is 15.0 Å². The number of allylic oxidation sites excluding steroid dienone is 1. The van der Waals surface area contributed by atoms with E-state index in [1.54, 1.807) is 19.1 Å². The number of carbonyl (C=O) groups is 1. The fourth-order valence-corrected chi connectivity index (χ4v) is 2.67. The molecular weight excluding hydrogens is 292 g/mol. The van der Waals surface area contributed by atoms with Gasteiger partial charge in [-0.05, 0) is 30.2 Å². The molecule has 1 saturated heterocycles. The molecule has 23 heavy (non-hydrogen) atoms. The molecule has 0 aliphatic carbocycles. The molecule has 0 atom stereocenters. The van der Waals surface area contributed by atoms with E-state index < -0.39 is 0 Å². The lowest BCUT2D eigenvalue weighted by Gasteiger charge is -2.15. The second-order valence-corrected chi connectivity index (χ2v) is 5.45. The third-order valence-electron chi connectivity index (χ3n) is 3.83. The fourth-order valence-electron chi connectivity index (χ4n) is 2.67. The van der Waals surface area contributed by atoms with Crippen LogP contribution in [0.25, 0.3) is 5.57 Å². The summed E-state index contributed by atoms with van der Waals surface area (Å²) in [6, 6.07) is 11.9. The number of phenols is 2. The summed E-state index contributed by atoms with van der Waals surface area (Å²) in [7, 11) is 0. The molecule has 1 aliphatic rings. The number of rotatable bonds is 3. The Morgan fingerprint density at radius 3 is 2.26 bits per heavy atom. The number of carbonyl (C=O) groups excluding carboxylic acids is 1. The summed E-state index contributed by atoms with van der Waals surface area (Å²) in [6.07, 6.45) is 0. The number of aromatic hydroxyl groups is 2. The van der Waals surface area contributed by atoms with E-state index in [4.69, 9.17) is 0 Å². The van der Waals surface area contributed by atoms with Crippen LogP contribution in [-0.2, 0) is 0 Å². The van der Waals surface area contributed by atoms with Gasteiger partial charge in [0.1, 0.15) is 5.82 Å². The molecule has 0 aromatic heterocycles. The second kappa shape index (κ2) is 6.04. The summed E-state index contributed by atoms with van der Waals surface area (Å²) < 4.78 is 0. The summed E-state index contributed by atoms with van der Waals surface area (Å²) in [4.78, 5) is 13.0. The molecule has 0 saturated carbocycles. The SMILES string of the molecule is Cc1cc(O)c(O)cc1C(C(=O)c1ccccc1)=C1NCCN1. The maximum Gasteiger partial charge on any atom is 0.197 e. The predicted molar refractivity (Wildman–Crippen MR) is 88.2 cm³/mol. The smallest absolute Gasteiger partial charge is 0.197 e. The van der Waals surface area contributed by atoms with E-state index in [-0.39, 0.29) is 17.3 Å². The number of hydrogen-bond donors (Lipinski definition) is 4. The van der Waals surface area contributed by atoms with Crippen molar-refractivity contribution in [1.82, 2.24) is 10.6 Å². The van der Waals surface area contributed by atoms with Crippen LogP contribution >= 0.6 is 0 Å².